The van der Waals surface area contributed by atoms with Crippen LogP contribution < -0.4 is 0 Å². The highest BCUT2D eigenvalue weighted by molar-refractivity contribution is 8.17. The number of thioether (sulfide) groups is 2. The molecule has 0 N–H and O–H groups in total. The standard InChI is InChI=1S/C31H45NO5S2/c1-7-8-15-22-24(20(2)18-21-13-10-9-11-14-21)32(28(22)33)25(29-38-16-12-17-39-29)27-26(36-31(5,6)37-27)23-19-34-30(3,4)35-23/h9-11,13-14,18,22-27,29H,7-8,12,15-17,19H2,1-6H3/b20-18+/t22-,23?,24+,25-,26?,27?/m1/s1. The summed E-state index contributed by atoms with van der Waals surface area (Å²) in [7, 11) is 0. The van der Waals surface area contributed by atoms with Crippen molar-refractivity contribution < 1.29 is 23.7 Å². The van der Waals surface area contributed by atoms with E-state index in [1.165, 1.54) is 17.6 Å². The summed E-state index contributed by atoms with van der Waals surface area (Å²) in [5, 5.41) is 0. The number of benzene rings is 1. The van der Waals surface area contributed by atoms with Crippen LogP contribution in [0.1, 0.15) is 72.8 Å². The first-order valence-corrected chi connectivity index (χ1v) is 16.7. The van der Waals surface area contributed by atoms with Gasteiger partial charge < -0.3 is 23.8 Å². The number of unbranched alkanes of at least 4 members (excludes halogenated alkanes) is 1. The van der Waals surface area contributed by atoms with Crippen LogP contribution in [0.4, 0.5) is 0 Å². The lowest BCUT2D eigenvalue weighted by Gasteiger charge is -2.55. The molecule has 8 heteroatoms. The smallest absolute Gasteiger partial charge is 0.229 e. The molecule has 6 atom stereocenters. The highest BCUT2D eigenvalue weighted by Crippen LogP contribution is 2.48. The maximum Gasteiger partial charge on any atom is 0.229 e. The second-order valence-electron chi connectivity index (χ2n) is 12.1. The van der Waals surface area contributed by atoms with Crippen molar-refractivity contribution in [1.82, 2.24) is 4.90 Å². The molecule has 39 heavy (non-hydrogen) atoms. The zero-order valence-corrected chi connectivity index (χ0v) is 25.9. The molecule has 0 radical (unpaired) electrons. The minimum Gasteiger partial charge on any atom is -0.348 e. The Labute approximate surface area is 242 Å². The average molecular weight is 576 g/mol. The van der Waals surface area contributed by atoms with Crippen molar-refractivity contribution in [1.29, 1.82) is 0 Å². The zero-order valence-electron chi connectivity index (χ0n) is 24.3. The molecule has 4 saturated heterocycles. The summed E-state index contributed by atoms with van der Waals surface area (Å²) in [6.07, 6.45) is 5.61. The Morgan fingerprint density at radius 3 is 2.44 bits per heavy atom. The van der Waals surface area contributed by atoms with Crippen LogP contribution in [-0.4, -0.2) is 75.5 Å². The maximum atomic E-state index is 14.1. The van der Waals surface area contributed by atoms with E-state index < -0.39 is 11.6 Å². The van der Waals surface area contributed by atoms with Gasteiger partial charge in [0.25, 0.3) is 0 Å². The fourth-order valence-electron chi connectivity index (χ4n) is 6.44. The fraction of sp³-hybridized carbons (Fsp3) is 0.710. The molecule has 1 aromatic carbocycles. The first kappa shape index (κ1) is 29.5. The van der Waals surface area contributed by atoms with Crippen LogP contribution in [0.15, 0.2) is 35.9 Å². The lowest BCUT2D eigenvalue weighted by molar-refractivity contribution is -0.176. The largest absolute Gasteiger partial charge is 0.348 e. The summed E-state index contributed by atoms with van der Waals surface area (Å²) in [6, 6.07) is 10.3. The molecular formula is C31H45NO5S2. The van der Waals surface area contributed by atoms with Gasteiger partial charge in [-0.1, -0.05) is 56.2 Å². The van der Waals surface area contributed by atoms with Gasteiger partial charge in [0.15, 0.2) is 11.6 Å². The van der Waals surface area contributed by atoms with Crippen LogP contribution >= 0.6 is 23.5 Å². The van der Waals surface area contributed by atoms with Crippen LogP contribution in [0, 0.1) is 5.92 Å². The van der Waals surface area contributed by atoms with E-state index in [2.05, 4.69) is 49.1 Å². The molecule has 4 aliphatic rings. The Balaban J connectivity index is 1.52. The van der Waals surface area contributed by atoms with Crippen molar-refractivity contribution in [2.24, 2.45) is 5.92 Å². The Morgan fingerprint density at radius 1 is 1.08 bits per heavy atom. The fourth-order valence-corrected chi connectivity index (χ4v) is 9.64. The minimum atomic E-state index is -0.770. The molecule has 6 nitrogen and oxygen atoms in total. The van der Waals surface area contributed by atoms with Gasteiger partial charge >= 0.3 is 0 Å². The number of carbonyl (C=O) groups is 1. The van der Waals surface area contributed by atoms with Gasteiger partial charge in [0, 0.05) is 0 Å². The second kappa shape index (κ2) is 12.1. The van der Waals surface area contributed by atoms with Gasteiger partial charge in [-0.25, -0.2) is 0 Å². The van der Waals surface area contributed by atoms with E-state index in [1.807, 2.05) is 57.3 Å². The number of likely N-dealkylation sites (tertiary alicyclic amines) is 1. The highest BCUT2D eigenvalue weighted by atomic mass is 32.2. The monoisotopic (exact) mass is 575 g/mol. The molecule has 1 amide bonds. The number of amides is 1. The summed E-state index contributed by atoms with van der Waals surface area (Å²) in [5.41, 5.74) is 2.40. The third-order valence-electron chi connectivity index (χ3n) is 8.13. The molecule has 216 valence electrons. The molecule has 3 unspecified atom stereocenters. The molecule has 0 spiro atoms. The van der Waals surface area contributed by atoms with E-state index >= 15 is 0 Å². The number of nitrogens with zero attached hydrogens (tertiary/aromatic N) is 1. The predicted molar refractivity (Wildman–Crippen MR) is 160 cm³/mol. The van der Waals surface area contributed by atoms with E-state index in [9.17, 15) is 4.79 Å². The van der Waals surface area contributed by atoms with Crippen molar-refractivity contribution >= 4 is 35.5 Å². The van der Waals surface area contributed by atoms with Crippen molar-refractivity contribution in [3.8, 4) is 0 Å². The third kappa shape index (κ3) is 6.41. The molecule has 4 heterocycles. The lowest BCUT2D eigenvalue weighted by atomic mass is 9.77. The summed E-state index contributed by atoms with van der Waals surface area (Å²) in [5.74, 6) is 1.01. The molecule has 4 aliphatic heterocycles. The van der Waals surface area contributed by atoms with Crippen LogP contribution in [0.3, 0.4) is 0 Å². The van der Waals surface area contributed by atoms with Crippen molar-refractivity contribution in [3.63, 3.8) is 0 Å². The third-order valence-corrected chi connectivity index (χ3v) is 11.2. The molecule has 0 aliphatic carbocycles. The van der Waals surface area contributed by atoms with Crippen LogP contribution in [0.5, 0.6) is 0 Å². The maximum absolute atomic E-state index is 14.1. The van der Waals surface area contributed by atoms with Gasteiger partial charge in [-0.15, -0.1) is 23.5 Å². The summed E-state index contributed by atoms with van der Waals surface area (Å²) >= 11 is 3.92. The molecule has 5 rings (SSSR count). The first-order valence-electron chi connectivity index (χ1n) is 14.6. The quantitative estimate of drug-likeness (QED) is 0.318. The topological polar surface area (TPSA) is 57.2 Å². The SMILES string of the molecule is CCCC[C@H]1C(=O)N([C@@H](C2SCCCS2)C2OC(C)(C)OC2C2COC(C)(C)O2)[C@H]1/C(C)=C/c1ccccc1. The average Bonchev–Trinajstić information content (AvgIpc) is 3.43. The van der Waals surface area contributed by atoms with Crippen molar-refractivity contribution in [3.05, 3.63) is 41.5 Å². The Kier molecular flexibility index (Phi) is 9.11. The summed E-state index contributed by atoms with van der Waals surface area (Å²) < 4.78 is 25.8. The van der Waals surface area contributed by atoms with E-state index in [0.29, 0.717) is 6.61 Å². The van der Waals surface area contributed by atoms with E-state index in [0.717, 1.165) is 30.8 Å². The first-order chi connectivity index (χ1) is 18.6. The molecular weight excluding hydrogens is 530 g/mol. The van der Waals surface area contributed by atoms with Gasteiger partial charge in [-0.3, -0.25) is 4.79 Å². The molecule has 1 aromatic rings. The predicted octanol–water partition coefficient (Wildman–Crippen LogP) is 6.34. The Morgan fingerprint density at radius 2 is 1.79 bits per heavy atom. The van der Waals surface area contributed by atoms with Crippen molar-refractivity contribution in [2.75, 3.05) is 18.1 Å². The van der Waals surface area contributed by atoms with E-state index in [-0.39, 0.29) is 46.8 Å². The molecule has 0 saturated carbocycles. The van der Waals surface area contributed by atoms with Gasteiger partial charge in [-0.2, -0.15) is 0 Å². The lowest BCUT2D eigenvalue weighted by Crippen LogP contribution is -2.70. The number of hydrogen-bond donors (Lipinski definition) is 0. The molecule has 4 fully saturated rings. The summed E-state index contributed by atoms with van der Waals surface area (Å²) in [6.45, 7) is 12.7. The van der Waals surface area contributed by atoms with Gasteiger partial charge in [0.05, 0.1) is 29.2 Å². The molecule has 0 bridgehead atoms. The van der Waals surface area contributed by atoms with Crippen molar-refractivity contribution in [2.45, 2.75) is 114 Å². The number of β-lactam (4-membered cyclic amide) rings is 1. The molecule has 0 aromatic heterocycles. The number of ether oxygens (including phenoxy) is 4. The summed E-state index contributed by atoms with van der Waals surface area (Å²) in [4.78, 5) is 16.3. The Bertz CT molecular complexity index is 1030. The number of hydrogen-bond acceptors (Lipinski definition) is 7. The Hall–Kier alpha value is -1.03. The zero-order chi connectivity index (χ0) is 27.8. The van der Waals surface area contributed by atoms with E-state index in [4.69, 9.17) is 18.9 Å². The van der Waals surface area contributed by atoms with Gasteiger partial charge in [-0.05, 0) is 70.1 Å². The number of carbonyl (C=O) groups excluding carboxylic acids is 1. The van der Waals surface area contributed by atoms with Gasteiger partial charge in [0.2, 0.25) is 5.91 Å². The van der Waals surface area contributed by atoms with Crippen LogP contribution in [0.2, 0.25) is 0 Å². The van der Waals surface area contributed by atoms with E-state index in [1.54, 1.807) is 0 Å². The normalized spacial score (nSPS) is 33.8. The van der Waals surface area contributed by atoms with Gasteiger partial charge in [0.1, 0.15) is 18.3 Å². The second-order valence-corrected chi connectivity index (χ2v) is 14.9. The minimum absolute atomic E-state index is 0.00443. The number of rotatable bonds is 9. The van der Waals surface area contributed by atoms with Crippen LogP contribution in [-0.2, 0) is 23.7 Å². The highest BCUT2D eigenvalue weighted by Gasteiger charge is 2.60. The van der Waals surface area contributed by atoms with Crippen LogP contribution in [0.25, 0.3) is 6.08 Å².